The Morgan fingerprint density at radius 1 is 1.60 bits per heavy atom. The maximum Gasteiger partial charge on any atom is 0.0850 e. The van der Waals surface area contributed by atoms with E-state index in [9.17, 15) is 0 Å². The molecular weight excluding hydrogens is 164 g/mol. The molecule has 3 heteroatoms. The third-order valence-corrected chi connectivity index (χ3v) is 5.83. The van der Waals surface area contributed by atoms with Crippen molar-refractivity contribution in [2.24, 2.45) is 0 Å². The van der Waals surface area contributed by atoms with Gasteiger partial charge in [0, 0.05) is 5.50 Å². The highest BCUT2D eigenvalue weighted by Gasteiger charge is 2.18. The van der Waals surface area contributed by atoms with Gasteiger partial charge >= 0.3 is 0 Å². The fourth-order valence-electron chi connectivity index (χ4n) is 0.485. The molecule has 1 nitrogen and oxygen atoms in total. The van der Waals surface area contributed by atoms with Gasteiger partial charge in [0.2, 0.25) is 0 Å². The van der Waals surface area contributed by atoms with Crippen LogP contribution in [0.2, 0.25) is 19.1 Å². The number of hydrogen-bond acceptors (Lipinski definition) is 1. The lowest BCUT2D eigenvalue weighted by Crippen LogP contribution is -2.29. The third kappa shape index (κ3) is 4.88. The first-order chi connectivity index (χ1) is 4.62. The van der Waals surface area contributed by atoms with Crippen LogP contribution in [-0.2, 0) is 4.74 Å². The van der Waals surface area contributed by atoms with E-state index >= 15 is 0 Å². The first kappa shape index (κ1) is 10.0. The molecule has 0 unspecified atom stereocenters. The van der Waals surface area contributed by atoms with Crippen LogP contribution in [-0.4, -0.2) is 20.2 Å². The van der Waals surface area contributed by atoms with Gasteiger partial charge in [-0.1, -0.05) is 19.7 Å². The number of hydrogen-bond donors (Lipinski definition) is 0. The maximum absolute atomic E-state index is 5.75. The van der Waals surface area contributed by atoms with Crippen molar-refractivity contribution >= 4 is 19.7 Å². The van der Waals surface area contributed by atoms with Crippen molar-refractivity contribution in [1.29, 1.82) is 0 Å². The Kier molecular flexibility index (Phi) is 4.82. The normalized spacial score (nSPS) is 11.1. The molecule has 0 saturated heterocycles. The van der Waals surface area contributed by atoms with E-state index in [1.54, 1.807) is 0 Å². The zero-order valence-electron chi connectivity index (χ0n) is 6.69. The molecular formula is C7H15ClOSi. The van der Waals surface area contributed by atoms with Gasteiger partial charge in [-0.2, -0.15) is 0 Å². The summed E-state index contributed by atoms with van der Waals surface area (Å²) in [5.74, 6) is 0. The van der Waals surface area contributed by atoms with Crippen molar-refractivity contribution in [2.45, 2.75) is 19.1 Å². The van der Waals surface area contributed by atoms with E-state index in [4.69, 9.17) is 16.3 Å². The zero-order valence-corrected chi connectivity index (χ0v) is 8.45. The van der Waals surface area contributed by atoms with Crippen LogP contribution in [0, 0.1) is 0 Å². The highest BCUT2D eigenvalue weighted by atomic mass is 35.5. The summed E-state index contributed by atoms with van der Waals surface area (Å²) < 4.78 is 5.01. The van der Waals surface area contributed by atoms with Gasteiger partial charge in [0.05, 0.1) is 20.9 Å². The quantitative estimate of drug-likeness (QED) is 0.272. The summed E-state index contributed by atoms with van der Waals surface area (Å²) in [6, 6.07) is 1.11. The van der Waals surface area contributed by atoms with Gasteiger partial charge in [0.25, 0.3) is 0 Å². The van der Waals surface area contributed by atoms with Crippen LogP contribution < -0.4 is 0 Å². The van der Waals surface area contributed by atoms with E-state index in [1.807, 2.05) is 0 Å². The molecule has 0 aromatic carbocycles. The molecule has 0 saturated carbocycles. The second-order valence-corrected chi connectivity index (χ2v) is 8.98. The van der Waals surface area contributed by atoms with E-state index < -0.39 is 8.07 Å². The Labute approximate surface area is 69.0 Å². The molecule has 0 aromatic rings. The van der Waals surface area contributed by atoms with Gasteiger partial charge < -0.3 is 4.74 Å². The van der Waals surface area contributed by atoms with Crippen LogP contribution in [0.3, 0.4) is 0 Å². The van der Waals surface area contributed by atoms with Crippen molar-refractivity contribution < 1.29 is 4.74 Å². The molecule has 0 N–H and O–H groups in total. The van der Waals surface area contributed by atoms with Crippen molar-refractivity contribution in [2.75, 3.05) is 12.1 Å². The molecule has 0 radical (unpaired) electrons. The highest BCUT2D eigenvalue weighted by molar-refractivity contribution is 6.83. The van der Waals surface area contributed by atoms with E-state index in [1.165, 1.54) is 6.26 Å². The Morgan fingerprint density at radius 3 is 2.60 bits per heavy atom. The van der Waals surface area contributed by atoms with Gasteiger partial charge in [0.1, 0.15) is 0 Å². The Bertz CT molecular complexity index is 104. The number of halogens is 1. The lowest BCUT2D eigenvalue weighted by molar-refractivity contribution is 0.269. The molecule has 10 heavy (non-hydrogen) atoms. The van der Waals surface area contributed by atoms with Crippen LogP contribution in [0.5, 0.6) is 0 Å². The van der Waals surface area contributed by atoms with Crippen LogP contribution >= 0.6 is 11.6 Å². The fraction of sp³-hybridized carbons (Fsp3) is 0.714. The number of rotatable bonds is 5. The smallest absolute Gasteiger partial charge is 0.0850 e. The first-order valence-corrected chi connectivity index (χ1v) is 7.36. The Morgan fingerprint density at radius 2 is 2.20 bits per heavy atom. The standard InChI is InChI=1S/C7H15ClOSi/c1-4-9-5-6-10(2,3)7-8/h4H,1,5-7H2,2-3H3. The Balaban J connectivity index is 3.36. The van der Waals surface area contributed by atoms with Crippen molar-refractivity contribution in [3.63, 3.8) is 0 Å². The molecule has 0 aliphatic rings. The molecule has 60 valence electrons. The summed E-state index contributed by atoms with van der Waals surface area (Å²) in [5, 5.41) is 0. The van der Waals surface area contributed by atoms with Crippen molar-refractivity contribution in [1.82, 2.24) is 0 Å². The fourth-order valence-corrected chi connectivity index (χ4v) is 1.69. The molecule has 0 bridgehead atoms. The number of alkyl halides is 1. The maximum atomic E-state index is 5.75. The van der Waals surface area contributed by atoms with E-state index in [0.29, 0.717) is 0 Å². The van der Waals surface area contributed by atoms with Crippen LogP contribution in [0.1, 0.15) is 0 Å². The molecule has 0 aromatic heterocycles. The molecule has 0 aliphatic heterocycles. The van der Waals surface area contributed by atoms with E-state index in [0.717, 1.165) is 18.2 Å². The largest absolute Gasteiger partial charge is 0.502 e. The molecule has 0 amide bonds. The molecule has 0 rings (SSSR count). The topological polar surface area (TPSA) is 9.23 Å². The molecule has 0 fully saturated rings. The summed E-state index contributed by atoms with van der Waals surface area (Å²) in [5.41, 5.74) is 0.813. The average Bonchev–Trinajstić information content (AvgIpc) is 1.89. The SMILES string of the molecule is C=COCC[Si](C)(C)CCl. The molecule has 0 aliphatic carbocycles. The lowest BCUT2D eigenvalue weighted by Gasteiger charge is -2.17. The van der Waals surface area contributed by atoms with Gasteiger partial charge in [0.15, 0.2) is 0 Å². The molecule has 0 heterocycles. The summed E-state index contributed by atoms with van der Waals surface area (Å²) in [6.45, 7) is 8.75. The average molecular weight is 179 g/mol. The second kappa shape index (κ2) is 4.80. The Hall–Kier alpha value is 0.0469. The van der Waals surface area contributed by atoms with Gasteiger partial charge in [-0.3, -0.25) is 0 Å². The van der Waals surface area contributed by atoms with Crippen LogP contribution in [0.15, 0.2) is 12.8 Å². The summed E-state index contributed by atoms with van der Waals surface area (Å²) in [6.07, 6.45) is 1.48. The lowest BCUT2D eigenvalue weighted by atomic mass is 10.8. The van der Waals surface area contributed by atoms with Crippen molar-refractivity contribution in [3.05, 3.63) is 12.8 Å². The zero-order chi connectivity index (χ0) is 8.04. The van der Waals surface area contributed by atoms with Crippen LogP contribution in [0.25, 0.3) is 0 Å². The summed E-state index contributed by atoms with van der Waals surface area (Å²) in [4.78, 5) is 0. The third-order valence-electron chi connectivity index (χ3n) is 1.38. The molecule has 0 spiro atoms. The van der Waals surface area contributed by atoms with Gasteiger partial charge in [-0.25, -0.2) is 0 Å². The van der Waals surface area contributed by atoms with Gasteiger partial charge in [-0.15, -0.1) is 11.6 Å². The minimum absolute atomic E-state index is 0.773. The van der Waals surface area contributed by atoms with E-state index in [-0.39, 0.29) is 0 Å². The summed E-state index contributed by atoms with van der Waals surface area (Å²) in [7, 11) is -1.12. The second-order valence-electron chi connectivity index (χ2n) is 3.09. The summed E-state index contributed by atoms with van der Waals surface area (Å²) >= 11 is 5.75. The number of ether oxygens (including phenoxy) is 1. The van der Waals surface area contributed by atoms with Gasteiger partial charge in [-0.05, 0) is 6.04 Å². The predicted octanol–water partition coefficient (Wildman–Crippen LogP) is 2.63. The molecule has 0 atom stereocenters. The minimum atomic E-state index is -1.12. The highest BCUT2D eigenvalue weighted by Crippen LogP contribution is 2.10. The van der Waals surface area contributed by atoms with Crippen molar-refractivity contribution in [3.8, 4) is 0 Å². The predicted molar refractivity (Wildman–Crippen MR) is 49.2 cm³/mol. The minimum Gasteiger partial charge on any atom is -0.502 e. The van der Waals surface area contributed by atoms with Crippen LogP contribution in [0.4, 0.5) is 0 Å². The first-order valence-electron chi connectivity index (χ1n) is 3.41. The monoisotopic (exact) mass is 178 g/mol. The van der Waals surface area contributed by atoms with E-state index in [2.05, 4.69) is 19.7 Å².